The SMILES string of the molecule is [2H]C([2H])([2H])c1cnc(-c2ccc(C(C)(C)Cc3cc(C([2H])([2H])C([2H])([2H])c4ccc(-c5ccccn5)cc4)cc(C([2H])([2H])C([2H])([2H])c4ccc(-c5ccccn5)cc4)c3)cc2)cc1-c1cccc(C2CCCC2)c1. The Labute approximate surface area is 384 Å². The molecule has 1 aliphatic rings. The van der Waals surface area contributed by atoms with E-state index < -0.39 is 37.8 Å². The molecule has 0 atom stereocenters. The minimum absolute atomic E-state index is 0.0724. The zero-order chi connectivity index (χ0) is 52.0. The van der Waals surface area contributed by atoms with Crippen LogP contribution in [0.15, 0.2) is 176 Å². The van der Waals surface area contributed by atoms with Crippen molar-refractivity contribution in [1.82, 2.24) is 15.0 Å². The van der Waals surface area contributed by atoms with Crippen molar-refractivity contribution in [2.24, 2.45) is 0 Å². The van der Waals surface area contributed by atoms with Crippen molar-refractivity contribution in [3.05, 3.63) is 221 Å². The van der Waals surface area contributed by atoms with Gasteiger partial charge in [-0.2, -0.15) is 0 Å². The summed E-state index contributed by atoms with van der Waals surface area (Å²) in [4.78, 5) is 13.4. The molecule has 0 N–H and O–H groups in total. The van der Waals surface area contributed by atoms with Crippen molar-refractivity contribution in [3.63, 3.8) is 0 Å². The summed E-state index contributed by atoms with van der Waals surface area (Å²) in [6, 6.07) is 46.2. The second-order valence-electron chi connectivity index (χ2n) is 16.9. The van der Waals surface area contributed by atoms with E-state index >= 15 is 0 Å². The van der Waals surface area contributed by atoms with Gasteiger partial charge in [-0.05, 0) is 149 Å². The highest BCUT2D eigenvalue weighted by Crippen LogP contribution is 2.37. The smallest absolute Gasteiger partial charge is 0.0708 e. The zero-order valence-electron chi connectivity index (χ0n) is 46.2. The molecule has 1 aliphatic carbocycles. The van der Waals surface area contributed by atoms with Crippen LogP contribution in [-0.4, -0.2) is 15.0 Å². The first-order chi connectivity index (χ1) is 34.6. The standard InChI is InChI=1S/C59H57N3/c1-42-41-62-58(39-55(42)53-14-10-13-52(38-53)48-11-4-5-12-48)51-29-31-54(32-30-51)59(2,3)40-47-36-45(19-17-43-21-25-49(26-22-43)56-15-6-8-33-60-56)35-46(37-47)20-18-44-23-27-50(28-24-44)57-16-7-9-34-61-57/h6-10,13-16,21-39,41,48H,4-5,11-12,17-20,40H2,1-3H3/i1D3,17D2,18D2,19D2,20D2. The molecule has 3 nitrogen and oxygen atoms in total. The Kier molecular flexibility index (Phi) is 8.95. The van der Waals surface area contributed by atoms with Crippen molar-refractivity contribution in [1.29, 1.82) is 0 Å². The molecule has 0 spiro atoms. The Morgan fingerprint density at radius 1 is 0.516 bits per heavy atom. The molecule has 0 amide bonds. The van der Waals surface area contributed by atoms with Crippen LogP contribution in [0.1, 0.15) is 105 Å². The lowest BCUT2D eigenvalue weighted by Gasteiger charge is -2.26. The molecule has 1 saturated carbocycles. The quantitative estimate of drug-likeness (QED) is 0.110. The van der Waals surface area contributed by atoms with Gasteiger partial charge in [-0.1, -0.05) is 154 Å². The minimum atomic E-state index is -2.73. The summed E-state index contributed by atoms with van der Waals surface area (Å²) in [5, 5.41) is 0. The van der Waals surface area contributed by atoms with E-state index in [1.165, 1.54) is 30.7 Å². The highest BCUT2D eigenvalue weighted by atomic mass is 14.7. The molecular formula is C59H57N3. The Hall–Kier alpha value is -6.45. The molecule has 3 heterocycles. The van der Waals surface area contributed by atoms with E-state index in [0.29, 0.717) is 34.1 Å². The second-order valence-corrected chi connectivity index (χ2v) is 16.9. The molecule has 0 saturated heterocycles. The fourth-order valence-corrected chi connectivity index (χ4v) is 8.52. The largest absolute Gasteiger partial charge is 0.256 e. The summed E-state index contributed by atoms with van der Waals surface area (Å²) < 4.78 is 101. The fraction of sp³-hybridized carbons (Fsp3) is 0.237. The third-order valence-corrected chi connectivity index (χ3v) is 11.9. The number of aromatic nitrogens is 3. The lowest BCUT2D eigenvalue weighted by molar-refractivity contribution is 0.522. The van der Waals surface area contributed by atoms with Crippen molar-refractivity contribution in [2.75, 3.05) is 0 Å². The van der Waals surface area contributed by atoms with Gasteiger partial charge >= 0.3 is 0 Å². The first kappa shape index (κ1) is 29.7. The summed E-state index contributed by atoms with van der Waals surface area (Å²) in [6.07, 6.45) is -1.07. The fourth-order valence-electron chi connectivity index (χ4n) is 8.52. The van der Waals surface area contributed by atoms with Crippen LogP contribution in [0, 0.1) is 6.85 Å². The third kappa shape index (κ3) is 9.85. The lowest BCUT2D eigenvalue weighted by atomic mass is 9.78. The van der Waals surface area contributed by atoms with Crippen LogP contribution in [-0.2, 0) is 37.3 Å². The van der Waals surface area contributed by atoms with E-state index in [1.54, 1.807) is 85.2 Å². The van der Waals surface area contributed by atoms with Gasteiger partial charge < -0.3 is 0 Å². The third-order valence-electron chi connectivity index (χ3n) is 11.9. The molecule has 0 radical (unpaired) electrons. The average Bonchev–Trinajstić information content (AvgIpc) is 3.94. The Balaban J connectivity index is 1.06. The number of rotatable bonds is 14. The van der Waals surface area contributed by atoms with Gasteiger partial charge in [0.05, 0.1) is 17.1 Å². The molecule has 308 valence electrons. The van der Waals surface area contributed by atoms with Crippen LogP contribution < -0.4 is 0 Å². The number of aryl methyl sites for hydroxylation is 5. The topological polar surface area (TPSA) is 38.7 Å². The van der Waals surface area contributed by atoms with Gasteiger partial charge in [-0.3, -0.25) is 15.0 Å². The Bertz CT molecular complexity index is 3080. The second kappa shape index (κ2) is 18.7. The molecule has 0 unspecified atom stereocenters. The summed E-state index contributed by atoms with van der Waals surface area (Å²) in [5.74, 6) is 0.460. The van der Waals surface area contributed by atoms with E-state index in [2.05, 4.69) is 27.1 Å². The molecule has 9 rings (SSSR count). The predicted molar refractivity (Wildman–Crippen MR) is 258 cm³/mol. The minimum Gasteiger partial charge on any atom is -0.256 e. The van der Waals surface area contributed by atoms with Crippen LogP contribution in [0.4, 0.5) is 0 Å². The molecule has 1 fully saturated rings. The molecule has 3 heteroatoms. The number of hydrogen-bond acceptors (Lipinski definition) is 3. The molecule has 0 bridgehead atoms. The van der Waals surface area contributed by atoms with E-state index in [9.17, 15) is 11.0 Å². The van der Waals surface area contributed by atoms with E-state index in [1.807, 2.05) is 80.6 Å². The van der Waals surface area contributed by atoms with Gasteiger partial charge in [-0.25, -0.2) is 0 Å². The maximum Gasteiger partial charge on any atom is 0.0708 e. The van der Waals surface area contributed by atoms with Crippen molar-refractivity contribution < 1.29 is 15.1 Å². The maximum absolute atomic E-state index is 9.54. The van der Waals surface area contributed by atoms with Crippen LogP contribution in [0.3, 0.4) is 0 Å². The van der Waals surface area contributed by atoms with Crippen molar-refractivity contribution >= 4 is 0 Å². The molecule has 3 aromatic heterocycles. The zero-order valence-corrected chi connectivity index (χ0v) is 35.2. The van der Waals surface area contributed by atoms with Crippen LogP contribution in [0.25, 0.3) is 44.9 Å². The van der Waals surface area contributed by atoms with Crippen molar-refractivity contribution in [3.8, 4) is 44.9 Å². The van der Waals surface area contributed by atoms with Crippen LogP contribution in [0.5, 0.6) is 0 Å². The summed E-state index contributed by atoms with van der Waals surface area (Å²) in [6.45, 7) is 1.65. The average molecular weight is 819 g/mol. The van der Waals surface area contributed by atoms with Gasteiger partial charge in [0.1, 0.15) is 0 Å². The molecule has 62 heavy (non-hydrogen) atoms. The number of hydrogen-bond donors (Lipinski definition) is 0. The van der Waals surface area contributed by atoms with Gasteiger partial charge in [0.2, 0.25) is 0 Å². The maximum atomic E-state index is 9.54. The van der Waals surface area contributed by atoms with E-state index in [0.717, 1.165) is 40.7 Å². The number of pyridine rings is 3. The van der Waals surface area contributed by atoms with Crippen LogP contribution >= 0.6 is 0 Å². The van der Waals surface area contributed by atoms with Gasteiger partial charge in [-0.15, -0.1) is 0 Å². The molecule has 0 aliphatic heterocycles. The van der Waals surface area contributed by atoms with E-state index in [4.69, 9.17) is 4.11 Å². The first-order valence-corrected chi connectivity index (χ1v) is 21.5. The summed E-state index contributed by atoms with van der Waals surface area (Å²) >= 11 is 0. The summed E-state index contributed by atoms with van der Waals surface area (Å²) in [7, 11) is 0. The highest BCUT2D eigenvalue weighted by molar-refractivity contribution is 5.73. The molecule has 5 aromatic carbocycles. The number of benzene rings is 5. The van der Waals surface area contributed by atoms with Gasteiger partial charge in [0.15, 0.2) is 0 Å². The number of nitrogens with zero attached hydrogens (tertiary/aromatic N) is 3. The lowest BCUT2D eigenvalue weighted by Crippen LogP contribution is -2.20. The summed E-state index contributed by atoms with van der Waals surface area (Å²) in [5.41, 5.74) is 7.67. The Morgan fingerprint density at radius 3 is 1.63 bits per heavy atom. The molecular weight excluding hydrogens is 751 g/mol. The monoisotopic (exact) mass is 819 g/mol. The predicted octanol–water partition coefficient (Wildman–Crippen LogP) is 14.6. The van der Waals surface area contributed by atoms with E-state index in [-0.39, 0.29) is 34.2 Å². The van der Waals surface area contributed by atoms with Crippen LogP contribution in [0.2, 0.25) is 0 Å². The molecule has 8 aromatic rings. The first-order valence-electron chi connectivity index (χ1n) is 27.0. The van der Waals surface area contributed by atoms with Gasteiger partial charge in [0.25, 0.3) is 0 Å². The van der Waals surface area contributed by atoms with Crippen molar-refractivity contribution in [2.45, 2.75) is 89.6 Å². The normalized spacial score (nSPS) is 16.8. The van der Waals surface area contributed by atoms with Gasteiger partial charge in [0, 0.05) is 50.4 Å². The Morgan fingerprint density at radius 2 is 1.06 bits per heavy atom. The highest BCUT2D eigenvalue weighted by Gasteiger charge is 2.23.